The van der Waals surface area contributed by atoms with Gasteiger partial charge in [-0.25, -0.2) is 0 Å². The number of carbonyl (C=O) groups is 1. The Kier molecular flexibility index (Phi) is 11.6. The van der Waals surface area contributed by atoms with Crippen LogP contribution in [0, 0.1) is 5.92 Å². The molecule has 1 amide bonds. The number of benzene rings is 1. The summed E-state index contributed by atoms with van der Waals surface area (Å²) in [5.41, 5.74) is 5.70. The normalized spacial score (nSPS) is 12.9. The number of halogens is 1. The van der Waals surface area contributed by atoms with E-state index in [0.29, 0.717) is 19.6 Å². The van der Waals surface area contributed by atoms with Gasteiger partial charge >= 0.3 is 0 Å². The van der Waals surface area contributed by atoms with Crippen LogP contribution in [0.1, 0.15) is 39.5 Å². The zero-order chi connectivity index (χ0) is 15.5. The quantitative estimate of drug-likeness (QED) is 0.693. The molecule has 4 nitrogen and oxygen atoms in total. The van der Waals surface area contributed by atoms with Gasteiger partial charge < -0.3 is 15.8 Å². The van der Waals surface area contributed by atoms with Gasteiger partial charge in [-0.2, -0.15) is 0 Å². The predicted molar refractivity (Wildman–Crippen MR) is 93.5 cm³/mol. The minimum absolute atomic E-state index is 0. The van der Waals surface area contributed by atoms with E-state index in [1.807, 2.05) is 37.3 Å². The van der Waals surface area contributed by atoms with Crippen LogP contribution >= 0.6 is 12.4 Å². The van der Waals surface area contributed by atoms with Gasteiger partial charge in [0, 0.05) is 18.5 Å². The standard InChI is InChI=1S/C17H28N2O2.ClH/c1-3-4-8-15(13-18)19-17(20)14(2)11-12-21-16-9-6-5-7-10-16;/h5-7,9-10,14-15H,3-4,8,11-13,18H2,1-2H3,(H,19,20);1H. The van der Waals surface area contributed by atoms with Crippen molar-refractivity contribution in [3.63, 3.8) is 0 Å². The van der Waals surface area contributed by atoms with Crippen molar-refractivity contribution >= 4 is 18.3 Å². The third-order valence-corrected chi connectivity index (χ3v) is 3.55. The Balaban J connectivity index is 0.00000441. The molecule has 0 aliphatic carbocycles. The molecule has 0 radical (unpaired) electrons. The molecule has 0 fully saturated rings. The fourth-order valence-corrected chi connectivity index (χ4v) is 2.04. The van der Waals surface area contributed by atoms with Gasteiger partial charge in [0.25, 0.3) is 0 Å². The highest BCUT2D eigenvalue weighted by Gasteiger charge is 2.16. The third kappa shape index (κ3) is 8.25. The molecular formula is C17H29ClN2O2. The molecular weight excluding hydrogens is 300 g/mol. The molecule has 1 rings (SSSR count). The van der Waals surface area contributed by atoms with Crippen molar-refractivity contribution in [3.8, 4) is 5.75 Å². The van der Waals surface area contributed by atoms with Crippen LogP contribution in [0.5, 0.6) is 5.75 Å². The molecule has 0 spiro atoms. The largest absolute Gasteiger partial charge is 0.494 e. The SMILES string of the molecule is CCCCC(CN)NC(=O)C(C)CCOc1ccccc1.Cl. The Morgan fingerprint density at radius 3 is 2.55 bits per heavy atom. The van der Waals surface area contributed by atoms with Crippen molar-refractivity contribution in [1.82, 2.24) is 5.32 Å². The predicted octanol–water partition coefficient (Wildman–Crippen LogP) is 3.15. The van der Waals surface area contributed by atoms with Crippen molar-refractivity contribution in [1.29, 1.82) is 0 Å². The van der Waals surface area contributed by atoms with E-state index in [1.165, 1.54) is 0 Å². The van der Waals surface area contributed by atoms with Crippen LogP contribution in [-0.2, 0) is 4.79 Å². The summed E-state index contributed by atoms with van der Waals surface area (Å²) in [7, 11) is 0. The number of carbonyl (C=O) groups excluding carboxylic acids is 1. The summed E-state index contributed by atoms with van der Waals surface area (Å²) in [6, 6.07) is 9.75. The highest BCUT2D eigenvalue weighted by Crippen LogP contribution is 2.11. The van der Waals surface area contributed by atoms with E-state index in [-0.39, 0.29) is 30.3 Å². The number of para-hydroxylation sites is 1. The Morgan fingerprint density at radius 1 is 1.27 bits per heavy atom. The summed E-state index contributed by atoms with van der Waals surface area (Å²) in [6.45, 7) is 5.11. The van der Waals surface area contributed by atoms with E-state index in [0.717, 1.165) is 25.0 Å². The number of nitrogens with one attached hydrogen (secondary N) is 1. The maximum Gasteiger partial charge on any atom is 0.223 e. The molecule has 0 bridgehead atoms. The van der Waals surface area contributed by atoms with E-state index in [4.69, 9.17) is 10.5 Å². The van der Waals surface area contributed by atoms with Crippen molar-refractivity contribution in [2.24, 2.45) is 11.7 Å². The molecule has 2 atom stereocenters. The maximum absolute atomic E-state index is 12.1. The van der Waals surface area contributed by atoms with Gasteiger partial charge in [0.2, 0.25) is 5.91 Å². The molecule has 0 aliphatic heterocycles. The fourth-order valence-electron chi connectivity index (χ4n) is 2.04. The number of nitrogens with two attached hydrogens (primary N) is 1. The summed E-state index contributed by atoms with van der Waals surface area (Å²) in [4.78, 5) is 12.1. The van der Waals surface area contributed by atoms with Crippen molar-refractivity contribution < 1.29 is 9.53 Å². The lowest BCUT2D eigenvalue weighted by atomic mass is 10.1. The van der Waals surface area contributed by atoms with E-state index < -0.39 is 0 Å². The van der Waals surface area contributed by atoms with Crippen molar-refractivity contribution in [2.45, 2.75) is 45.6 Å². The summed E-state index contributed by atoms with van der Waals surface area (Å²) in [5, 5.41) is 3.03. The number of ether oxygens (including phenoxy) is 1. The minimum atomic E-state index is -0.0654. The van der Waals surface area contributed by atoms with Gasteiger partial charge in [0.1, 0.15) is 5.75 Å². The van der Waals surface area contributed by atoms with Crippen LogP contribution in [-0.4, -0.2) is 25.1 Å². The third-order valence-electron chi connectivity index (χ3n) is 3.55. The second-order valence-corrected chi connectivity index (χ2v) is 5.43. The number of rotatable bonds is 10. The van der Waals surface area contributed by atoms with Gasteiger partial charge in [-0.3, -0.25) is 4.79 Å². The zero-order valence-corrected chi connectivity index (χ0v) is 14.4. The Morgan fingerprint density at radius 2 is 1.95 bits per heavy atom. The smallest absolute Gasteiger partial charge is 0.223 e. The maximum atomic E-state index is 12.1. The highest BCUT2D eigenvalue weighted by molar-refractivity contribution is 5.85. The van der Waals surface area contributed by atoms with Crippen LogP contribution in [0.2, 0.25) is 0 Å². The van der Waals surface area contributed by atoms with E-state index in [9.17, 15) is 4.79 Å². The molecule has 22 heavy (non-hydrogen) atoms. The lowest BCUT2D eigenvalue weighted by Crippen LogP contribution is -2.42. The molecule has 5 heteroatoms. The Hall–Kier alpha value is -1.26. The van der Waals surface area contributed by atoms with Gasteiger partial charge in [0.05, 0.1) is 6.61 Å². The molecule has 0 heterocycles. The molecule has 0 aliphatic rings. The summed E-state index contributed by atoms with van der Waals surface area (Å²) in [6.07, 6.45) is 3.86. The lowest BCUT2D eigenvalue weighted by Gasteiger charge is -2.19. The Labute approximate surface area is 140 Å². The van der Waals surface area contributed by atoms with Gasteiger partial charge in [-0.05, 0) is 25.0 Å². The van der Waals surface area contributed by atoms with E-state index >= 15 is 0 Å². The molecule has 0 aromatic heterocycles. The van der Waals surface area contributed by atoms with Gasteiger partial charge in [-0.15, -0.1) is 12.4 Å². The Bertz CT molecular complexity index is 401. The molecule has 126 valence electrons. The highest BCUT2D eigenvalue weighted by atomic mass is 35.5. The monoisotopic (exact) mass is 328 g/mol. The van der Waals surface area contributed by atoms with Crippen LogP contribution < -0.4 is 15.8 Å². The molecule has 2 unspecified atom stereocenters. The first-order valence-corrected chi connectivity index (χ1v) is 7.85. The van der Waals surface area contributed by atoms with Crippen molar-refractivity contribution in [3.05, 3.63) is 30.3 Å². The first-order chi connectivity index (χ1) is 10.2. The average molecular weight is 329 g/mol. The summed E-state index contributed by atoms with van der Waals surface area (Å²) in [5.74, 6) is 0.843. The summed E-state index contributed by atoms with van der Waals surface area (Å²) >= 11 is 0. The van der Waals surface area contributed by atoms with Gasteiger partial charge in [0.15, 0.2) is 0 Å². The molecule has 3 N–H and O–H groups in total. The van der Waals surface area contributed by atoms with Crippen LogP contribution in [0.15, 0.2) is 30.3 Å². The van der Waals surface area contributed by atoms with E-state index in [2.05, 4.69) is 12.2 Å². The van der Waals surface area contributed by atoms with Gasteiger partial charge in [-0.1, -0.05) is 44.9 Å². The molecule has 0 saturated heterocycles. The second-order valence-electron chi connectivity index (χ2n) is 5.43. The van der Waals surface area contributed by atoms with Crippen molar-refractivity contribution in [2.75, 3.05) is 13.2 Å². The molecule has 1 aromatic rings. The number of amides is 1. The van der Waals surface area contributed by atoms with Crippen LogP contribution in [0.4, 0.5) is 0 Å². The summed E-state index contributed by atoms with van der Waals surface area (Å²) < 4.78 is 5.62. The fraction of sp³-hybridized carbons (Fsp3) is 0.588. The number of unbranched alkanes of at least 4 members (excludes halogenated alkanes) is 1. The molecule has 1 aromatic carbocycles. The van der Waals surface area contributed by atoms with Crippen LogP contribution in [0.3, 0.4) is 0 Å². The average Bonchev–Trinajstić information content (AvgIpc) is 2.52. The van der Waals surface area contributed by atoms with E-state index in [1.54, 1.807) is 0 Å². The van der Waals surface area contributed by atoms with Crippen LogP contribution in [0.25, 0.3) is 0 Å². The lowest BCUT2D eigenvalue weighted by molar-refractivity contribution is -0.125. The first-order valence-electron chi connectivity index (χ1n) is 7.85. The topological polar surface area (TPSA) is 64.3 Å². The minimum Gasteiger partial charge on any atom is -0.494 e. The molecule has 0 saturated carbocycles. The second kappa shape index (κ2) is 12.3. The number of hydrogen-bond donors (Lipinski definition) is 2. The first kappa shape index (κ1) is 20.7. The number of hydrogen-bond acceptors (Lipinski definition) is 3. The zero-order valence-electron chi connectivity index (χ0n) is 13.6.